The maximum absolute atomic E-state index is 6.74. The normalized spacial score (nSPS) is 15.7. The van der Waals surface area contributed by atoms with Gasteiger partial charge in [-0.05, 0) is 60.3 Å². The first-order chi connectivity index (χ1) is 9.79. The Labute approximate surface area is 130 Å². The second-order valence-corrected chi connectivity index (χ2v) is 6.62. The molecule has 0 nitrogen and oxygen atoms in total. The molecule has 0 fully saturated rings. The molecule has 0 spiro atoms. The average Bonchev–Trinajstić information content (AvgIpc) is 2.53. The lowest BCUT2D eigenvalue weighted by atomic mass is 9.89. The lowest BCUT2D eigenvalue weighted by Gasteiger charge is -2.19. The third kappa shape index (κ3) is 2.75. The lowest BCUT2D eigenvalue weighted by molar-refractivity contribution is 0.684. The molecule has 104 valence electrons. The van der Waals surface area contributed by atoms with Gasteiger partial charge in [-0.1, -0.05) is 36.4 Å². The molecule has 1 atom stereocenters. The van der Waals surface area contributed by atoms with Crippen molar-refractivity contribution in [3.63, 3.8) is 0 Å². The third-order valence-corrected chi connectivity index (χ3v) is 5.38. The van der Waals surface area contributed by atoms with Crippen molar-refractivity contribution in [2.24, 2.45) is 0 Å². The number of halogens is 1. The monoisotopic (exact) mass is 302 g/mol. The van der Waals surface area contributed by atoms with Gasteiger partial charge in [0.25, 0.3) is 0 Å². The molecule has 20 heavy (non-hydrogen) atoms. The number of aryl methyl sites for hydroxylation is 2. The summed E-state index contributed by atoms with van der Waals surface area (Å²) in [6.07, 6.45) is 7.17. The number of fused-ring (bicyclic) bond motifs is 1. The van der Waals surface area contributed by atoms with E-state index in [1.807, 2.05) is 0 Å². The van der Waals surface area contributed by atoms with Crippen LogP contribution in [0.4, 0.5) is 0 Å². The van der Waals surface area contributed by atoms with Crippen LogP contribution in [0.3, 0.4) is 0 Å². The number of alkyl halides is 1. The van der Waals surface area contributed by atoms with Crippen LogP contribution in [0, 0.1) is 0 Å². The zero-order chi connectivity index (χ0) is 13.9. The molecule has 0 saturated carbocycles. The molecule has 3 rings (SSSR count). The van der Waals surface area contributed by atoms with Crippen LogP contribution in [0.1, 0.15) is 40.5 Å². The van der Waals surface area contributed by atoms with Gasteiger partial charge in [-0.3, -0.25) is 0 Å². The van der Waals surface area contributed by atoms with Crippen molar-refractivity contribution in [1.82, 2.24) is 0 Å². The van der Waals surface area contributed by atoms with Crippen molar-refractivity contribution in [1.29, 1.82) is 0 Å². The van der Waals surface area contributed by atoms with Gasteiger partial charge < -0.3 is 0 Å². The minimum Gasteiger partial charge on any atom is -0.129 e. The quantitative estimate of drug-likeness (QED) is 0.524. The highest BCUT2D eigenvalue weighted by atomic mass is 35.5. The fourth-order valence-electron chi connectivity index (χ4n) is 2.97. The van der Waals surface area contributed by atoms with Crippen LogP contribution in [0.25, 0.3) is 0 Å². The Hall–Kier alpha value is -0.920. The molecule has 1 aliphatic carbocycles. The molecule has 0 amide bonds. The summed E-state index contributed by atoms with van der Waals surface area (Å²) >= 11 is 8.51. The maximum Gasteiger partial charge on any atom is 0.0846 e. The van der Waals surface area contributed by atoms with E-state index in [0.717, 1.165) is 0 Å². The molecular weight excluding hydrogens is 284 g/mol. The van der Waals surface area contributed by atoms with Gasteiger partial charge in [0.05, 0.1) is 5.38 Å². The van der Waals surface area contributed by atoms with Crippen molar-refractivity contribution in [3.8, 4) is 0 Å². The summed E-state index contributed by atoms with van der Waals surface area (Å²) in [6.45, 7) is 0. The highest BCUT2D eigenvalue weighted by Gasteiger charge is 2.17. The minimum atomic E-state index is -0.0501. The van der Waals surface area contributed by atoms with E-state index in [0.29, 0.717) is 0 Å². The maximum atomic E-state index is 6.74. The second kappa shape index (κ2) is 6.24. The summed E-state index contributed by atoms with van der Waals surface area (Å²) in [5.74, 6) is 0. The summed E-state index contributed by atoms with van der Waals surface area (Å²) in [5, 5.41) is -0.0501. The molecule has 0 N–H and O–H groups in total. The van der Waals surface area contributed by atoms with Crippen molar-refractivity contribution in [2.45, 2.75) is 36.0 Å². The first-order valence-electron chi connectivity index (χ1n) is 7.18. The minimum absolute atomic E-state index is 0.0501. The average molecular weight is 303 g/mol. The van der Waals surface area contributed by atoms with Crippen LogP contribution in [0.15, 0.2) is 47.4 Å². The van der Waals surface area contributed by atoms with E-state index < -0.39 is 0 Å². The molecule has 0 bridgehead atoms. The van der Waals surface area contributed by atoms with Gasteiger partial charge in [0.2, 0.25) is 0 Å². The van der Waals surface area contributed by atoms with Crippen LogP contribution in [0.5, 0.6) is 0 Å². The largest absolute Gasteiger partial charge is 0.129 e. The standard InChI is InChI=1S/C18H19ClS/c1-20-17-9-5-4-8-16(17)18(19)15-11-10-13-6-2-3-7-14(13)12-15/h4-5,8-12,18H,2-3,6-7H2,1H3. The molecule has 0 heterocycles. The Balaban J connectivity index is 1.96. The molecule has 2 heteroatoms. The number of rotatable bonds is 3. The molecule has 0 aromatic heterocycles. The SMILES string of the molecule is CSc1ccccc1C(Cl)c1ccc2c(c1)CCCC2. The van der Waals surface area contributed by atoms with Crippen molar-refractivity contribution in [2.75, 3.05) is 6.26 Å². The zero-order valence-electron chi connectivity index (χ0n) is 11.7. The highest BCUT2D eigenvalue weighted by Crippen LogP contribution is 2.36. The first-order valence-corrected chi connectivity index (χ1v) is 8.84. The Morgan fingerprint density at radius 1 is 1.00 bits per heavy atom. The van der Waals surface area contributed by atoms with Crippen molar-refractivity contribution < 1.29 is 0 Å². The Morgan fingerprint density at radius 2 is 1.75 bits per heavy atom. The van der Waals surface area contributed by atoms with Gasteiger partial charge in [0.1, 0.15) is 0 Å². The van der Waals surface area contributed by atoms with Crippen LogP contribution in [-0.2, 0) is 12.8 Å². The van der Waals surface area contributed by atoms with Gasteiger partial charge in [-0.15, -0.1) is 23.4 Å². The van der Waals surface area contributed by atoms with Gasteiger partial charge in [-0.25, -0.2) is 0 Å². The second-order valence-electron chi connectivity index (χ2n) is 5.34. The van der Waals surface area contributed by atoms with E-state index in [1.54, 1.807) is 11.8 Å². The molecule has 2 aromatic rings. The molecule has 2 aromatic carbocycles. The fraction of sp³-hybridized carbons (Fsp3) is 0.333. The number of hydrogen-bond acceptors (Lipinski definition) is 1. The molecule has 0 saturated heterocycles. The zero-order valence-corrected chi connectivity index (χ0v) is 13.3. The third-order valence-electron chi connectivity index (χ3n) is 4.08. The van der Waals surface area contributed by atoms with E-state index in [2.05, 4.69) is 48.7 Å². The summed E-state index contributed by atoms with van der Waals surface area (Å²) in [5.41, 5.74) is 5.47. The van der Waals surface area contributed by atoms with Gasteiger partial charge in [0, 0.05) is 4.90 Å². The molecule has 0 aliphatic heterocycles. The molecule has 1 aliphatic rings. The van der Waals surface area contributed by atoms with Crippen molar-refractivity contribution in [3.05, 3.63) is 64.7 Å². The predicted molar refractivity (Wildman–Crippen MR) is 89.0 cm³/mol. The van der Waals surface area contributed by atoms with Gasteiger partial charge in [-0.2, -0.15) is 0 Å². The summed E-state index contributed by atoms with van der Waals surface area (Å²) in [7, 11) is 0. The number of benzene rings is 2. The smallest absolute Gasteiger partial charge is 0.0846 e. The summed E-state index contributed by atoms with van der Waals surface area (Å²) < 4.78 is 0. The molecule has 1 unspecified atom stereocenters. The topological polar surface area (TPSA) is 0 Å². The van der Waals surface area contributed by atoms with E-state index in [1.165, 1.54) is 52.8 Å². The van der Waals surface area contributed by atoms with Crippen LogP contribution >= 0.6 is 23.4 Å². The van der Waals surface area contributed by atoms with E-state index in [-0.39, 0.29) is 5.38 Å². The number of hydrogen-bond donors (Lipinski definition) is 0. The lowest BCUT2D eigenvalue weighted by Crippen LogP contribution is -2.04. The van der Waals surface area contributed by atoms with Crippen molar-refractivity contribution >= 4 is 23.4 Å². The van der Waals surface area contributed by atoms with Crippen LogP contribution in [-0.4, -0.2) is 6.26 Å². The Bertz CT molecular complexity index is 606. The van der Waals surface area contributed by atoms with Gasteiger partial charge in [0.15, 0.2) is 0 Å². The Morgan fingerprint density at radius 3 is 2.55 bits per heavy atom. The molecule has 0 radical (unpaired) electrons. The highest BCUT2D eigenvalue weighted by molar-refractivity contribution is 7.98. The van der Waals surface area contributed by atoms with Gasteiger partial charge >= 0.3 is 0 Å². The number of thioether (sulfide) groups is 1. The van der Waals surface area contributed by atoms with Crippen LogP contribution < -0.4 is 0 Å². The van der Waals surface area contributed by atoms with E-state index in [9.17, 15) is 0 Å². The summed E-state index contributed by atoms with van der Waals surface area (Å²) in [4.78, 5) is 1.27. The first kappa shape index (κ1) is 14.0. The summed E-state index contributed by atoms with van der Waals surface area (Å²) in [6, 6.07) is 15.2. The van der Waals surface area contributed by atoms with E-state index in [4.69, 9.17) is 11.6 Å². The van der Waals surface area contributed by atoms with E-state index >= 15 is 0 Å². The fourth-order valence-corrected chi connectivity index (χ4v) is 3.99. The molecular formula is C18H19ClS. The predicted octanol–water partition coefficient (Wildman–Crippen LogP) is 5.62. The Kier molecular flexibility index (Phi) is 4.38. The van der Waals surface area contributed by atoms with Crippen LogP contribution in [0.2, 0.25) is 0 Å².